The molecule has 160 valence electrons. The number of hydrogen-bond acceptors (Lipinski definition) is 7. The molecule has 0 saturated carbocycles. The van der Waals surface area contributed by atoms with E-state index in [0.29, 0.717) is 23.4 Å². The Bertz CT molecular complexity index is 1110. The van der Waals surface area contributed by atoms with Crippen LogP contribution in [0.15, 0.2) is 53.9 Å². The van der Waals surface area contributed by atoms with Crippen LogP contribution in [-0.4, -0.2) is 40.0 Å². The van der Waals surface area contributed by atoms with Gasteiger partial charge in [-0.3, -0.25) is 19.7 Å². The average molecular weight is 440 g/mol. The van der Waals surface area contributed by atoms with Crippen LogP contribution in [0.25, 0.3) is 11.3 Å². The first-order chi connectivity index (χ1) is 14.7. The third-order valence-electron chi connectivity index (χ3n) is 4.53. The highest BCUT2D eigenvalue weighted by molar-refractivity contribution is 7.14. The van der Waals surface area contributed by atoms with Crippen LogP contribution in [0, 0.1) is 10.1 Å². The molecule has 0 aliphatic carbocycles. The molecule has 3 aromatic rings. The summed E-state index contributed by atoms with van der Waals surface area (Å²) in [5.41, 5.74) is 2.67. The maximum Gasteiger partial charge on any atom is 0.325 e. The van der Waals surface area contributed by atoms with Gasteiger partial charge in [0, 0.05) is 42.2 Å². The van der Waals surface area contributed by atoms with Crippen LogP contribution in [0.4, 0.5) is 10.8 Å². The highest BCUT2D eigenvalue weighted by Crippen LogP contribution is 2.29. The van der Waals surface area contributed by atoms with E-state index in [-0.39, 0.29) is 5.69 Å². The smallest absolute Gasteiger partial charge is 0.325 e. The van der Waals surface area contributed by atoms with Crippen molar-refractivity contribution in [2.24, 2.45) is 0 Å². The van der Waals surface area contributed by atoms with Gasteiger partial charge in [-0.1, -0.05) is 24.3 Å². The van der Waals surface area contributed by atoms with Crippen LogP contribution < -0.4 is 10.2 Å². The van der Waals surface area contributed by atoms with Gasteiger partial charge in [-0.25, -0.2) is 4.98 Å². The zero-order valence-corrected chi connectivity index (χ0v) is 17.6. The zero-order chi connectivity index (χ0) is 22.5. The number of thiazole rings is 1. The predicted octanol–water partition coefficient (Wildman–Crippen LogP) is 3.56. The van der Waals surface area contributed by atoms with E-state index in [9.17, 15) is 19.7 Å². The monoisotopic (exact) mass is 440 g/mol. The number of anilines is 1. The van der Waals surface area contributed by atoms with Gasteiger partial charge < -0.3 is 15.3 Å². The Morgan fingerprint density at radius 1 is 1.26 bits per heavy atom. The van der Waals surface area contributed by atoms with Crippen molar-refractivity contribution in [1.82, 2.24) is 10.3 Å². The van der Waals surface area contributed by atoms with E-state index in [1.807, 2.05) is 17.3 Å². The normalized spacial score (nSPS) is 11.5. The summed E-state index contributed by atoms with van der Waals surface area (Å²) < 4.78 is 0. The van der Waals surface area contributed by atoms with E-state index in [1.165, 1.54) is 30.4 Å². The number of hydrogen-bond donors (Lipinski definition) is 2. The number of carbonyl (C=O) groups is 2. The van der Waals surface area contributed by atoms with Crippen molar-refractivity contribution in [2.75, 3.05) is 11.9 Å². The summed E-state index contributed by atoms with van der Waals surface area (Å²) >= 11 is 1.43. The largest absolute Gasteiger partial charge is 0.480 e. The molecule has 2 aromatic carbocycles. The number of rotatable bonds is 8. The summed E-state index contributed by atoms with van der Waals surface area (Å²) in [4.78, 5) is 40.0. The van der Waals surface area contributed by atoms with E-state index in [4.69, 9.17) is 5.11 Å². The van der Waals surface area contributed by atoms with Crippen molar-refractivity contribution < 1.29 is 19.6 Å². The number of carbonyl (C=O) groups excluding carboxylic acids is 1. The summed E-state index contributed by atoms with van der Waals surface area (Å²) in [6.07, 6.45) is 0. The van der Waals surface area contributed by atoms with Crippen LogP contribution >= 0.6 is 11.3 Å². The standard InChI is InChI=1S/C21H20N4O5S/c1-13(20(27)28)22-19(26)15-8-6-14(7-9-15)11-24(2)21-23-18(12-31-21)16-4-3-5-17(10-16)25(29)30/h3-10,12-13H,11H2,1-2H3,(H,22,26)(H,27,28). The Balaban J connectivity index is 1.66. The van der Waals surface area contributed by atoms with Gasteiger partial charge in [0.2, 0.25) is 0 Å². The van der Waals surface area contributed by atoms with Gasteiger partial charge in [-0.2, -0.15) is 0 Å². The molecule has 0 aliphatic rings. The fourth-order valence-electron chi connectivity index (χ4n) is 2.80. The lowest BCUT2D eigenvalue weighted by Gasteiger charge is -2.16. The first-order valence-corrected chi connectivity index (χ1v) is 10.2. The van der Waals surface area contributed by atoms with E-state index >= 15 is 0 Å². The number of nitrogens with one attached hydrogen (secondary N) is 1. The highest BCUT2D eigenvalue weighted by Gasteiger charge is 2.16. The maximum atomic E-state index is 12.1. The fraction of sp³-hybridized carbons (Fsp3) is 0.190. The lowest BCUT2D eigenvalue weighted by molar-refractivity contribution is -0.384. The Morgan fingerprint density at radius 3 is 2.61 bits per heavy atom. The second-order valence-electron chi connectivity index (χ2n) is 6.91. The van der Waals surface area contributed by atoms with Crippen LogP contribution in [0.2, 0.25) is 0 Å². The SMILES string of the molecule is CC(NC(=O)c1ccc(CN(C)c2nc(-c3cccc([N+](=O)[O-])c3)cs2)cc1)C(=O)O. The van der Waals surface area contributed by atoms with Gasteiger partial charge in [0.15, 0.2) is 5.13 Å². The van der Waals surface area contributed by atoms with Gasteiger partial charge in [0.25, 0.3) is 11.6 Å². The van der Waals surface area contributed by atoms with Crippen molar-refractivity contribution in [3.8, 4) is 11.3 Å². The van der Waals surface area contributed by atoms with Crippen molar-refractivity contribution in [2.45, 2.75) is 19.5 Å². The topological polar surface area (TPSA) is 126 Å². The van der Waals surface area contributed by atoms with Crippen LogP contribution in [-0.2, 0) is 11.3 Å². The molecule has 1 atom stereocenters. The molecule has 1 heterocycles. The summed E-state index contributed by atoms with van der Waals surface area (Å²) in [6.45, 7) is 1.94. The lowest BCUT2D eigenvalue weighted by Crippen LogP contribution is -2.38. The van der Waals surface area contributed by atoms with Crippen molar-refractivity contribution in [3.05, 3.63) is 75.2 Å². The number of nitro groups is 1. The van der Waals surface area contributed by atoms with Gasteiger partial charge >= 0.3 is 5.97 Å². The quantitative estimate of drug-likeness (QED) is 0.405. The summed E-state index contributed by atoms with van der Waals surface area (Å²) in [7, 11) is 1.88. The average Bonchev–Trinajstić information content (AvgIpc) is 3.24. The molecule has 1 amide bonds. The molecule has 0 spiro atoms. The van der Waals surface area contributed by atoms with Crippen LogP contribution in [0.1, 0.15) is 22.8 Å². The molecular weight excluding hydrogens is 420 g/mol. The number of nitro benzene ring substituents is 1. The van der Waals surface area contributed by atoms with Crippen LogP contribution in [0.3, 0.4) is 0 Å². The minimum absolute atomic E-state index is 0.0160. The number of aromatic nitrogens is 1. The minimum Gasteiger partial charge on any atom is -0.480 e. The molecule has 31 heavy (non-hydrogen) atoms. The number of nitrogens with zero attached hydrogens (tertiary/aromatic N) is 3. The molecule has 0 radical (unpaired) electrons. The number of carboxylic acid groups (broad SMARTS) is 1. The predicted molar refractivity (Wildman–Crippen MR) is 117 cm³/mol. The summed E-state index contributed by atoms with van der Waals surface area (Å²) in [5, 5.41) is 24.9. The lowest BCUT2D eigenvalue weighted by atomic mass is 10.1. The van der Waals surface area contributed by atoms with Crippen LogP contribution in [0.5, 0.6) is 0 Å². The van der Waals surface area contributed by atoms with Gasteiger partial charge in [-0.05, 0) is 24.6 Å². The molecule has 0 fully saturated rings. The third kappa shape index (κ3) is 5.43. The Labute approximate surface area is 182 Å². The molecule has 2 N–H and O–H groups in total. The summed E-state index contributed by atoms with van der Waals surface area (Å²) in [6, 6.07) is 12.3. The fourth-order valence-corrected chi connectivity index (χ4v) is 3.60. The van der Waals surface area contributed by atoms with Gasteiger partial charge in [-0.15, -0.1) is 11.3 Å². The molecule has 1 unspecified atom stereocenters. The second-order valence-corrected chi connectivity index (χ2v) is 7.75. The number of non-ortho nitro benzene ring substituents is 1. The Kier molecular flexibility index (Phi) is 6.61. The first kappa shape index (κ1) is 21.9. The second kappa shape index (κ2) is 9.35. The third-order valence-corrected chi connectivity index (χ3v) is 5.48. The van der Waals surface area contributed by atoms with Crippen molar-refractivity contribution in [3.63, 3.8) is 0 Å². The number of benzene rings is 2. The Hall–Kier alpha value is -3.79. The maximum absolute atomic E-state index is 12.1. The molecular formula is C21H20N4O5S. The Morgan fingerprint density at radius 2 is 1.97 bits per heavy atom. The zero-order valence-electron chi connectivity index (χ0n) is 16.8. The molecule has 9 nitrogen and oxygen atoms in total. The number of aliphatic carboxylic acids is 1. The van der Waals surface area contributed by atoms with E-state index in [2.05, 4.69) is 10.3 Å². The van der Waals surface area contributed by atoms with Crippen molar-refractivity contribution in [1.29, 1.82) is 0 Å². The molecule has 1 aromatic heterocycles. The van der Waals surface area contributed by atoms with E-state index in [0.717, 1.165) is 10.7 Å². The number of amides is 1. The minimum atomic E-state index is -1.10. The molecule has 0 saturated heterocycles. The molecule has 0 aliphatic heterocycles. The van der Waals surface area contributed by atoms with E-state index < -0.39 is 22.8 Å². The van der Waals surface area contributed by atoms with Gasteiger partial charge in [0.05, 0.1) is 10.6 Å². The van der Waals surface area contributed by atoms with Gasteiger partial charge in [0.1, 0.15) is 6.04 Å². The molecule has 0 bridgehead atoms. The van der Waals surface area contributed by atoms with Crippen molar-refractivity contribution >= 4 is 34.0 Å². The first-order valence-electron chi connectivity index (χ1n) is 9.28. The molecule has 10 heteroatoms. The number of carboxylic acids is 1. The summed E-state index contributed by atoms with van der Waals surface area (Å²) in [5.74, 6) is -1.55. The molecule has 3 rings (SSSR count). The van der Waals surface area contributed by atoms with E-state index in [1.54, 1.807) is 36.4 Å². The highest BCUT2D eigenvalue weighted by atomic mass is 32.1.